The van der Waals surface area contributed by atoms with Crippen LogP contribution in [-0.2, 0) is 0 Å². The van der Waals surface area contributed by atoms with Crippen molar-refractivity contribution < 1.29 is 4.74 Å². The highest BCUT2D eigenvalue weighted by Crippen LogP contribution is 2.12. The quantitative estimate of drug-likeness (QED) is 0.689. The number of aryl methyl sites for hydroxylation is 1. The minimum atomic E-state index is 0. The first-order valence-electron chi connectivity index (χ1n) is 4.38. The van der Waals surface area contributed by atoms with E-state index in [4.69, 9.17) is 4.74 Å². The van der Waals surface area contributed by atoms with Crippen LogP contribution in [0.1, 0.15) is 26.8 Å². The number of rotatable bonds is 3. The molecule has 0 aromatic heterocycles. The molecule has 1 rings (SSSR count). The van der Waals surface area contributed by atoms with Crippen molar-refractivity contribution in [3.05, 3.63) is 29.8 Å². The second-order valence-electron chi connectivity index (χ2n) is 3.52. The number of ether oxygens (including phenoxy) is 1. The minimum absolute atomic E-state index is 0. The highest BCUT2D eigenvalue weighted by Gasteiger charge is 1.95. The van der Waals surface area contributed by atoms with Crippen LogP contribution in [0.2, 0.25) is 0 Å². The summed E-state index contributed by atoms with van der Waals surface area (Å²) in [6, 6.07) is 8.14. The van der Waals surface area contributed by atoms with Crippen molar-refractivity contribution in [2.24, 2.45) is 5.92 Å². The van der Waals surface area contributed by atoms with Crippen LogP contribution in [0.4, 0.5) is 0 Å². The second kappa shape index (κ2) is 5.63. The molecule has 0 heterocycles. The highest BCUT2D eigenvalue weighted by molar-refractivity contribution is 5.27. The molecular weight excluding hydrogens is 160 g/mol. The summed E-state index contributed by atoms with van der Waals surface area (Å²) in [5.41, 5.74) is 1.25. The van der Waals surface area contributed by atoms with E-state index in [1.807, 2.05) is 12.1 Å². The van der Waals surface area contributed by atoms with Crippen LogP contribution in [0.3, 0.4) is 0 Å². The average Bonchev–Trinajstić information content (AvgIpc) is 2.01. The molecule has 0 fully saturated rings. The molecule has 0 bridgehead atoms. The summed E-state index contributed by atoms with van der Waals surface area (Å²) in [6.45, 7) is 7.16. The van der Waals surface area contributed by atoms with E-state index in [0.29, 0.717) is 5.92 Å². The second-order valence-corrected chi connectivity index (χ2v) is 3.52. The van der Waals surface area contributed by atoms with Gasteiger partial charge in [0.2, 0.25) is 0 Å². The molecule has 0 saturated heterocycles. The van der Waals surface area contributed by atoms with Gasteiger partial charge in [0.1, 0.15) is 5.75 Å². The molecule has 0 N–H and O–H groups in total. The Balaban J connectivity index is 0.00000144. The molecule has 0 radical (unpaired) electrons. The third-order valence-electron chi connectivity index (χ3n) is 1.57. The van der Waals surface area contributed by atoms with Crippen molar-refractivity contribution in [3.8, 4) is 5.75 Å². The van der Waals surface area contributed by atoms with Gasteiger partial charge in [0, 0.05) is 0 Å². The Hall–Kier alpha value is -0.980. The van der Waals surface area contributed by atoms with Gasteiger partial charge < -0.3 is 4.74 Å². The Morgan fingerprint density at radius 3 is 2.54 bits per heavy atom. The normalized spacial score (nSPS) is 9.54. The van der Waals surface area contributed by atoms with Crippen LogP contribution in [0.5, 0.6) is 5.75 Å². The number of benzene rings is 1. The van der Waals surface area contributed by atoms with E-state index in [9.17, 15) is 0 Å². The molecule has 0 unspecified atom stereocenters. The molecule has 1 aromatic carbocycles. The molecule has 0 saturated carbocycles. The van der Waals surface area contributed by atoms with E-state index < -0.39 is 0 Å². The fraction of sp³-hybridized carbons (Fsp3) is 0.500. The summed E-state index contributed by atoms with van der Waals surface area (Å²) in [6.07, 6.45) is 0. The fourth-order valence-corrected chi connectivity index (χ4v) is 0.968. The Kier molecular flexibility index (Phi) is 5.20. The lowest BCUT2D eigenvalue weighted by atomic mass is 10.2. The van der Waals surface area contributed by atoms with Crippen LogP contribution in [0.25, 0.3) is 0 Å². The Morgan fingerprint density at radius 1 is 1.31 bits per heavy atom. The van der Waals surface area contributed by atoms with Crippen LogP contribution >= 0.6 is 0 Å². The maximum Gasteiger partial charge on any atom is 0.119 e. The largest absolute Gasteiger partial charge is 0.493 e. The molecule has 74 valence electrons. The molecule has 0 spiro atoms. The standard InChI is InChI=1S/C11H16O.CH4/c1-9(2)8-12-11-6-4-5-10(3)7-11;/h4-7,9H,8H2,1-3H3;1H4. The van der Waals surface area contributed by atoms with E-state index >= 15 is 0 Å². The predicted molar refractivity (Wildman–Crippen MR) is 58.2 cm³/mol. The molecular formula is C12H20O. The lowest BCUT2D eigenvalue weighted by molar-refractivity contribution is 0.271. The van der Waals surface area contributed by atoms with Crippen molar-refractivity contribution >= 4 is 0 Å². The number of hydrogen-bond acceptors (Lipinski definition) is 1. The van der Waals surface area contributed by atoms with Crippen LogP contribution in [0.15, 0.2) is 24.3 Å². The molecule has 1 aromatic rings. The zero-order valence-electron chi connectivity index (χ0n) is 8.00. The third-order valence-corrected chi connectivity index (χ3v) is 1.57. The van der Waals surface area contributed by atoms with Crippen LogP contribution in [-0.4, -0.2) is 6.61 Å². The van der Waals surface area contributed by atoms with Gasteiger partial charge in [-0.15, -0.1) is 0 Å². The monoisotopic (exact) mass is 180 g/mol. The molecule has 1 nitrogen and oxygen atoms in total. The predicted octanol–water partition coefficient (Wildman–Crippen LogP) is 3.67. The van der Waals surface area contributed by atoms with E-state index in [-0.39, 0.29) is 7.43 Å². The van der Waals surface area contributed by atoms with Gasteiger partial charge in [0.25, 0.3) is 0 Å². The summed E-state index contributed by atoms with van der Waals surface area (Å²) in [5.74, 6) is 1.56. The zero-order chi connectivity index (χ0) is 8.97. The van der Waals surface area contributed by atoms with Crippen molar-refractivity contribution in [1.82, 2.24) is 0 Å². The van der Waals surface area contributed by atoms with Crippen molar-refractivity contribution in [2.45, 2.75) is 28.2 Å². The smallest absolute Gasteiger partial charge is 0.119 e. The third kappa shape index (κ3) is 4.56. The van der Waals surface area contributed by atoms with Crippen molar-refractivity contribution in [1.29, 1.82) is 0 Å². The van der Waals surface area contributed by atoms with Gasteiger partial charge in [-0.1, -0.05) is 33.4 Å². The van der Waals surface area contributed by atoms with E-state index in [1.54, 1.807) is 0 Å². The van der Waals surface area contributed by atoms with Crippen molar-refractivity contribution in [3.63, 3.8) is 0 Å². The van der Waals surface area contributed by atoms with Crippen LogP contribution < -0.4 is 4.74 Å². The van der Waals surface area contributed by atoms with E-state index in [1.165, 1.54) is 5.56 Å². The van der Waals surface area contributed by atoms with Gasteiger partial charge in [-0.3, -0.25) is 0 Å². The summed E-state index contributed by atoms with van der Waals surface area (Å²) in [4.78, 5) is 0. The first-order valence-corrected chi connectivity index (χ1v) is 4.38. The minimum Gasteiger partial charge on any atom is -0.493 e. The summed E-state index contributed by atoms with van der Waals surface area (Å²) >= 11 is 0. The molecule has 0 amide bonds. The Labute approximate surface area is 81.7 Å². The maximum absolute atomic E-state index is 5.55. The fourth-order valence-electron chi connectivity index (χ4n) is 0.968. The molecule has 0 aliphatic rings. The lowest BCUT2D eigenvalue weighted by Crippen LogP contribution is -2.04. The first kappa shape index (κ1) is 12.0. The average molecular weight is 180 g/mol. The van der Waals surface area contributed by atoms with Gasteiger partial charge in [0.15, 0.2) is 0 Å². The summed E-state index contributed by atoms with van der Waals surface area (Å²) < 4.78 is 5.55. The van der Waals surface area contributed by atoms with Gasteiger partial charge >= 0.3 is 0 Å². The number of hydrogen-bond donors (Lipinski definition) is 0. The van der Waals surface area contributed by atoms with Gasteiger partial charge in [-0.2, -0.15) is 0 Å². The van der Waals surface area contributed by atoms with Gasteiger partial charge in [0.05, 0.1) is 6.61 Å². The van der Waals surface area contributed by atoms with E-state index in [2.05, 4.69) is 32.9 Å². The molecule has 0 aliphatic carbocycles. The topological polar surface area (TPSA) is 9.23 Å². The van der Waals surface area contributed by atoms with Gasteiger partial charge in [-0.05, 0) is 30.5 Å². The molecule has 0 aliphatic heterocycles. The molecule has 13 heavy (non-hydrogen) atoms. The van der Waals surface area contributed by atoms with E-state index in [0.717, 1.165) is 12.4 Å². The summed E-state index contributed by atoms with van der Waals surface area (Å²) in [5, 5.41) is 0. The highest BCUT2D eigenvalue weighted by atomic mass is 16.5. The molecule has 0 atom stereocenters. The van der Waals surface area contributed by atoms with Gasteiger partial charge in [-0.25, -0.2) is 0 Å². The lowest BCUT2D eigenvalue weighted by Gasteiger charge is -2.08. The Morgan fingerprint density at radius 2 is 2.00 bits per heavy atom. The SMILES string of the molecule is C.Cc1cccc(OCC(C)C)c1. The summed E-state index contributed by atoms with van der Waals surface area (Å²) in [7, 11) is 0. The van der Waals surface area contributed by atoms with Crippen LogP contribution in [0, 0.1) is 12.8 Å². The Bertz CT molecular complexity index is 241. The zero-order valence-corrected chi connectivity index (χ0v) is 8.00. The van der Waals surface area contributed by atoms with Crippen molar-refractivity contribution in [2.75, 3.05) is 6.61 Å². The maximum atomic E-state index is 5.55. The molecule has 1 heteroatoms. The first-order chi connectivity index (χ1) is 5.68.